The van der Waals surface area contributed by atoms with E-state index in [4.69, 9.17) is 16.3 Å². The molecule has 1 atom stereocenters. The molecular formula is C14H22ClNO4S. The summed E-state index contributed by atoms with van der Waals surface area (Å²) in [5.41, 5.74) is 0.909. The molecule has 5 nitrogen and oxygen atoms in total. The van der Waals surface area contributed by atoms with E-state index in [0.29, 0.717) is 17.3 Å². The van der Waals surface area contributed by atoms with Gasteiger partial charge < -0.3 is 15.2 Å². The molecule has 0 aromatic heterocycles. The number of aliphatic hydroxyl groups is 1. The molecule has 0 saturated carbocycles. The molecule has 0 saturated heterocycles. The average molecular weight is 336 g/mol. The summed E-state index contributed by atoms with van der Waals surface area (Å²) < 4.78 is 28.0. The third-order valence-electron chi connectivity index (χ3n) is 2.98. The van der Waals surface area contributed by atoms with Crippen molar-refractivity contribution >= 4 is 21.4 Å². The molecule has 1 rings (SSSR count). The highest BCUT2D eigenvalue weighted by Gasteiger charge is 2.09. The summed E-state index contributed by atoms with van der Waals surface area (Å²) >= 11 is 5.91. The Morgan fingerprint density at radius 3 is 2.76 bits per heavy atom. The van der Waals surface area contributed by atoms with E-state index in [9.17, 15) is 13.5 Å². The number of rotatable bonds is 9. The van der Waals surface area contributed by atoms with Crippen LogP contribution in [0.25, 0.3) is 0 Å². The van der Waals surface area contributed by atoms with Gasteiger partial charge in [-0.2, -0.15) is 0 Å². The molecule has 2 N–H and O–H groups in total. The molecule has 0 fully saturated rings. The Morgan fingerprint density at radius 1 is 1.43 bits per heavy atom. The van der Waals surface area contributed by atoms with Crippen LogP contribution < -0.4 is 10.1 Å². The lowest BCUT2D eigenvalue weighted by molar-refractivity contribution is 0.107. The van der Waals surface area contributed by atoms with Gasteiger partial charge in [-0.15, -0.1) is 0 Å². The van der Waals surface area contributed by atoms with Crippen LogP contribution in [0.2, 0.25) is 5.02 Å². The van der Waals surface area contributed by atoms with Crippen LogP contribution in [0, 0.1) is 6.92 Å². The SMILES string of the molecule is CCS(=O)(=O)CCNCC(O)COc1ccc(Cl)c(C)c1. The molecule has 1 aromatic rings. The highest BCUT2D eigenvalue weighted by atomic mass is 35.5. The second-order valence-corrected chi connectivity index (χ2v) is 7.70. The van der Waals surface area contributed by atoms with Crippen molar-refractivity contribution in [2.45, 2.75) is 20.0 Å². The van der Waals surface area contributed by atoms with E-state index in [1.165, 1.54) is 0 Å². The van der Waals surface area contributed by atoms with Crippen molar-refractivity contribution < 1.29 is 18.3 Å². The summed E-state index contributed by atoms with van der Waals surface area (Å²) in [6, 6.07) is 5.28. The number of halogens is 1. The molecule has 0 bridgehead atoms. The van der Waals surface area contributed by atoms with Crippen molar-refractivity contribution in [1.29, 1.82) is 0 Å². The van der Waals surface area contributed by atoms with Crippen LogP contribution in [0.4, 0.5) is 0 Å². The summed E-state index contributed by atoms with van der Waals surface area (Å²) in [7, 11) is -2.97. The van der Waals surface area contributed by atoms with Crippen LogP contribution in [0.3, 0.4) is 0 Å². The van der Waals surface area contributed by atoms with Crippen molar-refractivity contribution in [3.05, 3.63) is 28.8 Å². The zero-order chi connectivity index (χ0) is 15.9. The van der Waals surface area contributed by atoms with Gasteiger partial charge in [-0.05, 0) is 30.7 Å². The number of ether oxygens (including phenoxy) is 1. The fourth-order valence-corrected chi connectivity index (χ4v) is 2.46. The average Bonchev–Trinajstić information content (AvgIpc) is 2.45. The van der Waals surface area contributed by atoms with Gasteiger partial charge >= 0.3 is 0 Å². The number of nitrogens with one attached hydrogen (secondary N) is 1. The lowest BCUT2D eigenvalue weighted by atomic mass is 10.2. The van der Waals surface area contributed by atoms with Crippen molar-refractivity contribution in [2.75, 3.05) is 31.2 Å². The standard InChI is InChI=1S/C14H22ClNO4S/c1-3-21(18,19)7-6-16-9-12(17)10-20-13-4-5-14(15)11(2)8-13/h4-5,8,12,16-17H,3,6-7,9-10H2,1-2H3. The van der Waals surface area contributed by atoms with Gasteiger partial charge in [-0.3, -0.25) is 0 Å². The molecule has 1 unspecified atom stereocenters. The summed E-state index contributed by atoms with van der Waals surface area (Å²) in [5, 5.41) is 13.3. The van der Waals surface area contributed by atoms with E-state index in [1.807, 2.05) is 6.92 Å². The van der Waals surface area contributed by atoms with Gasteiger partial charge in [0, 0.05) is 23.9 Å². The minimum atomic E-state index is -2.97. The maximum atomic E-state index is 11.3. The number of sulfone groups is 1. The molecule has 0 aliphatic heterocycles. The molecule has 0 spiro atoms. The summed E-state index contributed by atoms with van der Waals surface area (Å²) in [4.78, 5) is 0. The lowest BCUT2D eigenvalue weighted by Gasteiger charge is -2.13. The van der Waals surface area contributed by atoms with E-state index in [-0.39, 0.29) is 24.7 Å². The highest BCUT2D eigenvalue weighted by Crippen LogP contribution is 2.20. The third-order valence-corrected chi connectivity index (χ3v) is 5.11. The summed E-state index contributed by atoms with van der Waals surface area (Å²) in [5.74, 6) is 0.855. The molecular weight excluding hydrogens is 314 g/mol. The Kier molecular flexibility index (Phi) is 7.45. The number of hydrogen-bond donors (Lipinski definition) is 2. The fourth-order valence-electron chi connectivity index (χ4n) is 1.60. The third kappa shape index (κ3) is 7.13. The van der Waals surface area contributed by atoms with Gasteiger partial charge in [0.1, 0.15) is 18.5 Å². The van der Waals surface area contributed by atoms with Crippen LogP contribution in [0.5, 0.6) is 5.75 Å². The Labute approximate surface area is 131 Å². The van der Waals surface area contributed by atoms with Gasteiger partial charge in [-0.1, -0.05) is 18.5 Å². The molecule has 0 aliphatic carbocycles. The highest BCUT2D eigenvalue weighted by molar-refractivity contribution is 7.91. The second-order valence-electron chi connectivity index (χ2n) is 4.82. The largest absolute Gasteiger partial charge is 0.491 e. The van der Waals surface area contributed by atoms with E-state index in [1.54, 1.807) is 25.1 Å². The van der Waals surface area contributed by atoms with Gasteiger partial charge in [-0.25, -0.2) is 8.42 Å². The Morgan fingerprint density at radius 2 is 2.14 bits per heavy atom. The Bertz CT molecular complexity index is 548. The molecule has 0 radical (unpaired) electrons. The second kappa shape index (κ2) is 8.58. The summed E-state index contributed by atoms with van der Waals surface area (Å²) in [6.45, 7) is 4.24. The van der Waals surface area contributed by atoms with E-state index in [2.05, 4.69) is 5.32 Å². The smallest absolute Gasteiger partial charge is 0.151 e. The number of hydrogen-bond acceptors (Lipinski definition) is 5. The first-order valence-corrected chi connectivity index (χ1v) is 9.02. The van der Waals surface area contributed by atoms with Gasteiger partial charge in [0.2, 0.25) is 0 Å². The molecule has 0 aliphatic rings. The molecule has 1 aromatic carbocycles. The van der Waals surface area contributed by atoms with Crippen molar-refractivity contribution in [2.24, 2.45) is 0 Å². The fraction of sp³-hybridized carbons (Fsp3) is 0.571. The number of benzene rings is 1. The van der Waals surface area contributed by atoms with E-state index < -0.39 is 15.9 Å². The molecule has 0 heterocycles. The van der Waals surface area contributed by atoms with E-state index in [0.717, 1.165) is 5.56 Å². The van der Waals surface area contributed by atoms with Gasteiger partial charge in [0.25, 0.3) is 0 Å². The van der Waals surface area contributed by atoms with Crippen molar-refractivity contribution in [3.63, 3.8) is 0 Å². The molecule has 21 heavy (non-hydrogen) atoms. The zero-order valence-corrected chi connectivity index (χ0v) is 13.9. The minimum Gasteiger partial charge on any atom is -0.491 e. The quantitative estimate of drug-likeness (QED) is 0.667. The first-order chi connectivity index (χ1) is 9.84. The first-order valence-electron chi connectivity index (χ1n) is 6.82. The van der Waals surface area contributed by atoms with Crippen molar-refractivity contribution in [1.82, 2.24) is 5.32 Å². The van der Waals surface area contributed by atoms with Gasteiger partial charge in [0.05, 0.1) is 5.75 Å². The number of aliphatic hydroxyl groups excluding tert-OH is 1. The van der Waals surface area contributed by atoms with Crippen LogP contribution in [0.1, 0.15) is 12.5 Å². The summed E-state index contributed by atoms with van der Waals surface area (Å²) in [6.07, 6.45) is -0.703. The predicted octanol–water partition coefficient (Wildman–Crippen LogP) is 1.41. The van der Waals surface area contributed by atoms with Gasteiger partial charge in [0.15, 0.2) is 9.84 Å². The van der Waals surface area contributed by atoms with Crippen molar-refractivity contribution in [3.8, 4) is 5.75 Å². The normalized spacial score (nSPS) is 13.1. The lowest BCUT2D eigenvalue weighted by Crippen LogP contribution is -2.34. The maximum absolute atomic E-state index is 11.3. The zero-order valence-electron chi connectivity index (χ0n) is 12.3. The van der Waals surface area contributed by atoms with Crippen LogP contribution >= 0.6 is 11.6 Å². The number of aryl methyl sites for hydroxylation is 1. The van der Waals surface area contributed by atoms with E-state index >= 15 is 0 Å². The molecule has 7 heteroatoms. The Balaban J connectivity index is 2.25. The molecule has 0 amide bonds. The first kappa shape index (κ1) is 18.2. The predicted molar refractivity (Wildman–Crippen MR) is 84.9 cm³/mol. The maximum Gasteiger partial charge on any atom is 0.151 e. The molecule has 120 valence electrons. The minimum absolute atomic E-state index is 0.0768. The van der Waals surface area contributed by atoms with Crippen LogP contribution in [-0.2, 0) is 9.84 Å². The van der Waals surface area contributed by atoms with Crippen LogP contribution in [-0.4, -0.2) is 50.8 Å². The Hall–Kier alpha value is -0.820. The monoisotopic (exact) mass is 335 g/mol. The van der Waals surface area contributed by atoms with Crippen LogP contribution in [0.15, 0.2) is 18.2 Å². The topological polar surface area (TPSA) is 75.6 Å².